The molecule has 0 saturated heterocycles. The second-order valence-electron chi connectivity index (χ2n) is 6.27. The van der Waals surface area contributed by atoms with Crippen LogP contribution < -0.4 is 5.73 Å². The van der Waals surface area contributed by atoms with Crippen LogP contribution in [0.25, 0.3) is 0 Å². The molecule has 1 atom stereocenters. The molecule has 116 valence electrons. The molecule has 0 spiro atoms. The molecule has 5 heteroatoms. The number of hydrogen-bond acceptors (Lipinski definition) is 2. The van der Waals surface area contributed by atoms with Crippen LogP contribution >= 0.6 is 0 Å². The number of halogens is 3. The third-order valence-corrected chi connectivity index (χ3v) is 3.62. The molecule has 0 fully saturated rings. The highest BCUT2D eigenvalue weighted by molar-refractivity contribution is 4.75. The summed E-state index contributed by atoms with van der Waals surface area (Å²) in [7, 11) is 0. The molecule has 0 radical (unpaired) electrons. The van der Waals surface area contributed by atoms with Crippen molar-refractivity contribution in [1.29, 1.82) is 0 Å². The van der Waals surface area contributed by atoms with E-state index in [4.69, 9.17) is 5.73 Å². The average Bonchev–Trinajstić information content (AvgIpc) is 2.23. The lowest BCUT2D eigenvalue weighted by atomic mass is 9.76. The van der Waals surface area contributed by atoms with Crippen molar-refractivity contribution < 1.29 is 13.2 Å². The van der Waals surface area contributed by atoms with E-state index in [0.29, 0.717) is 25.6 Å². The molecule has 0 amide bonds. The third-order valence-electron chi connectivity index (χ3n) is 3.62. The SMILES string of the molecule is CCN(CCCC(CCN)C(C)(C)C)CC(F)(F)F. The Labute approximate surface area is 115 Å². The molecule has 19 heavy (non-hydrogen) atoms. The van der Waals surface area contributed by atoms with Crippen LogP contribution in [0.15, 0.2) is 0 Å². The monoisotopic (exact) mass is 282 g/mol. The van der Waals surface area contributed by atoms with E-state index >= 15 is 0 Å². The predicted molar refractivity (Wildman–Crippen MR) is 74.0 cm³/mol. The van der Waals surface area contributed by atoms with Crippen molar-refractivity contribution in [3.8, 4) is 0 Å². The highest BCUT2D eigenvalue weighted by atomic mass is 19.4. The zero-order valence-electron chi connectivity index (χ0n) is 12.7. The molecular formula is C14H29F3N2. The summed E-state index contributed by atoms with van der Waals surface area (Å²) in [6.07, 6.45) is -1.42. The minimum Gasteiger partial charge on any atom is -0.330 e. The van der Waals surface area contributed by atoms with Crippen molar-refractivity contribution >= 4 is 0 Å². The fourth-order valence-corrected chi connectivity index (χ4v) is 2.38. The van der Waals surface area contributed by atoms with Gasteiger partial charge < -0.3 is 5.73 Å². The van der Waals surface area contributed by atoms with Gasteiger partial charge in [0.15, 0.2) is 0 Å². The molecule has 0 aliphatic rings. The molecule has 0 saturated carbocycles. The summed E-state index contributed by atoms with van der Waals surface area (Å²) < 4.78 is 37.0. The summed E-state index contributed by atoms with van der Waals surface area (Å²) in [5.41, 5.74) is 5.77. The fourth-order valence-electron chi connectivity index (χ4n) is 2.38. The number of nitrogens with two attached hydrogens (primary N) is 1. The second kappa shape index (κ2) is 8.10. The molecule has 0 heterocycles. The van der Waals surface area contributed by atoms with Crippen molar-refractivity contribution in [1.82, 2.24) is 4.90 Å². The standard InChI is InChI=1S/C14H29F3N2/c1-5-19(11-14(15,16)17)10-6-7-12(8-9-18)13(2,3)4/h12H,5-11,18H2,1-4H3. The minimum atomic E-state index is -4.10. The van der Waals surface area contributed by atoms with Gasteiger partial charge in [-0.2, -0.15) is 13.2 Å². The predicted octanol–water partition coefficient (Wildman–Crippen LogP) is 3.66. The van der Waals surface area contributed by atoms with Gasteiger partial charge in [0.25, 0.3) is 0 Å². The first-order chi connectivity index (χ1) is 8.60. The Morgan fingerprint density at radius 1 is 1.11 bits per heavy atom. The van der Waals surface area contributed by atoms with Gasteiger partial charge in [-0.3, -0.25) is 4.90 Å². The van der Waals surface area contributed by atoms with Crippen LogP contribution in [0.3, 0.4) is 0 Å². The maximum Gasteiger partial charge on any atom is 0.401 e. The second-order valence-corrected chi connectivity index (χ2v) is 6.27. The molecular weight excluding hydrogens is 253 g/mol. The lowest BCUT2D eigenvalue weighted by Crippen LogP contribution is -2.35. The molecule has 0 aromatic heterocycles. The maximum absolute atomic E-state index is 12.3. The van der Waals surface area contributed by atoms with Crippen molar-refractivity contribution in [2.75, 3.05) is 26.2 Å². The van der Waals surface area contributed by atoms with E-state index in [9.17, 15) is 13.2 Å². The summed E-state index contributed by atoms with van der Waals surface area (Å²) in [4.78, 5) is 1.46. The van der Waals surface area contributed by atoms with E-state index in [1.165, 1.54) is 4.90 Å². The highest BCUT2D eigenvalue weighted by Crippen LogP contribution is 2.32. The molecule has 2 N–H and O–H groups in total. The number of rotatable bonds is 8. The van der Waals surface area contributed by atoms with E-state index in [2.05, 4.69) is 20.8 Å². The molecule has 0 aromatic rings. The lowest BCUT2D eigenvalue weighted by Gasteiger charge is -2.31. The van der Waals surface area contributed by atoms with Gasteiger partial charge in [-0.05, 0) is 50.2 Å². The van der Waals surface area contributed by atoms with Gasteiger partial charge in [0, 0.05) is 0 Å². The first kappa shape index (κ1) is 18.7. The molecule has 2 nitrogen and oxygen atoms in total. The van der Waals surface area contributed by atoms with Crippen LogP contribution in [-0.2, 0) is 0 Å². The van der Waals surface area contributed by atoms with Gasteiger partial charge in [-0.25, -0.2) is 0 Å². The van der Waals surface area contributed by atoms with Crippen molar-refractivity contribution in [2.24, 2.45) is 17.1 Å². The molecule has 0 bridgehead atoms. The third kappa shape index (κ3) is 9.27. The number of hydrogen-bond donors (Lipinski definition) is 1. The van der Waals surface area contributed by atoms with Gasteiger partial charge in [-0.15, -0.1) is 0 Å². The van der Waals surface area contributed by atoms with E-state index in [-0.39, 0.29) is 5.41 Å². The van der Waals surface area contributed by atoms with Crippen LogP contribution in [0.2, 0.25) is 0 Å². The van der Waals surface area contributed by atoms with Crippen molar-refractivity contribution in [3.05, 3.63) is 0 Å². The van der Waals surface area contributed by atoms with Gasteiger partial charge in [0.05, 0.1) is 6.54 Å². The van der Waals surface area contributed by atoms with E-state index in [1.54, 1.807) is 6.92 Å². The first-order valence-electron chi connectivity index (χ1n) is 7.09. The van der Waals surface area contributed by atoms with Crippen LogP contribution in [0.4, 0.5) is 13.2 Å². The summed E-state index contributed by atoms with van der Waals surface area (Å²) >= 11 is 0. The number of nitrogens with zero attached hydrogens (tertiary/aromatic N) is 1. The molecule has 0 rings (SSSR count). The molecule has 0 aliphatic carbocycles. The Morgan fingerprint density at radius 2 is 1.68 bits per heavy atom. The van der Waals surface area contributed by atoms with E-state index < -0.39 is 12.7 Å². The summed E-state index contributed by atoms with van der Waals surface area (Å²) in [5, 5.41) is 0. The van der Waals surface area contributed by atoms with Gasteiger partial charge >= 0.3 is 6.18 Å². The fraction of sp³-hybridized carbons (Fsp3) is 1.00. The lowest BCUT2D eigenvalue weighted by molar-refractivity contribution is -0.145. The Bertz CT molecular complexity index is 234. The van der Waals surface area contributed by atoms with Gasteiger partial charge in [0.1, 0.15) is 0 Å². The Hall–Kier alpha value is -0.290. The van der Waals surface area contributed by atoms with Gasteiger partial charge in [0.2, 0.25) is 0 Å². The zero-order valence-corrected chi connectivity index (χ0v) is 12.7. The quantitative estimate of drug-likeness (QED) is 0.736. The highest BCUT2D eigenvalue weighted by Gasteiger charge is 2.30. The molecule has 0 aliphatic heterocycles. The van der Waals surface area contributed by atoms with Crippen LogP contribution in [0.1, 0.15) is 47.0 Å². The largest absolute Gasteiger partial charge is 0.401 e. The van der Waals surface area contributed by atoms with Crippen molar-refractivity contribution in [3.63, 3.8) is 0 Å². The Morgan fingerprint density at radius 3 is 2.05 bits per heavy atom. The van der Waals surface area contributed by atoms with Crippen LogP contribution in [0, 0.1) is 11.3 Å². The van der Waals surface area contributed by atoms with E-state index in [1.807, 2.05) is 0 Å². The average molecular weight is 282 g/mol. The smallest absolute Gasteiger partial charge is 0.330 e. The molecule has 0 aromatic carbocycles. The number of alkyl halides is 3. The normalized spacial score (nSPS) is 15.0. The van der Waals surface area contributed by atoms with E-state index in [0.717, 1.165) is 19.3 Å². The summed E-state index contributed by atoms with van der Waals surface area (Å²) in [6, 6.07) is 0. The Kier molecular flexibility index (Phi) is 7.98. The Balaban J connectivity index is 4.16. The minimum absolute atomic E-state index is 0.167. The summed E-state index contributed by atoms with van der Waals surface area (Å²) in [5.74, 6) is 0.474. The van der Waals surface area contributed by atoms with Crippen LogP contribution in [0.5, 0.6) is 0 Å². The van der Waals surface area contributed by atoms with Gasteiger partial charge in [-0.1, -0.05) is 27.7 Å². The first-order valence-corrected chi connectivity index (χ1v) is 7.09. The van der Waals surface area contributed by atoms with Crippen LogP contribution in [-0.4, -0.2) is 37.3 Å². The topological polar surface area (TPSA) is 29.3 Å². The summed E-state index contributed by atoms with van der Waals surface area (Å²) in [6.45, 7) is 9.06. The van der Waals surface area contributed by atoms with Crippen molar-refractivity contribution in [2.45, 2.75) is 53.1 Å². The molecule has 1 unspecified atom stereocenters. The maximum atomic E-state index is 12.3. The zero-order chi connectivity index (χ0) is 15.1.